The van der Waals surface area contributed by atoms with Crippen LogP contribution in [0, 0.1) is 0 Å². The van der Waals surface area contributed by atoms with E-state index in [2.05, 4.69) is 24.3 Å². The monoisotopic (exact) mass is 257 g/mol. The molecule has 3 nitrogen and oxygen atoms in total. The number of benzene rings is 2. The Bertz CT molecular complexity index is 511. The zero-order valence-corrected chi connectivity index (χ0v) is 11.1. The number of nitrogen functional groups attached to an aromatic ring is 1. The molecule has 0 bridgehead atoms. The van der Waals surface area contributed by atoms with E-state index in [1.54, 1.807) is 19.2 Å². The summed E-state index contributed by atoms with van der Waals surface area (Å²) in [6.07, 6.45) is 1.97. The molecule has 100 valence electrons. The van der Waals surface area contributed by atoms with Crippen LogP contribution >= 0.6 is 0 Å². The van der Waals surface area contributed by atoms with Crippen molar-refractivity contribution >= 4 is 5.69 Å². The van der Waals surface area contributed by atoms with Gasteiger partial charge in [0.15, 0.2) is 11.5 Å². The van der Waals surface area contributed by atoms with Gasteiger partial charge in [0.25, 0.3) is 0 Å². The van der Waals surface area contributed by atoms with Crippen LogP contribution in [0.1, 0.15) is 12.0 Å². The molecule has 2 aromatic rings. The van der Waals surface area contributed by atoms with Crippen molar-refractivity contribution in [2.24, 2.45) is 0 Å². The molecule has 3 heteroatoms. The minimum Gasteiger partial charge on any atom is -0.493 e. The lowest BCUT2D eigenvalue weighted by Crippen LogP contribution is -2.01. The van der Waals surface area contributed by atoms with E-state index in [4.69, 9.17) is 15.2 Å². The summed E-state index contributed by atoms with van der Waals surface area (Å²) < 4.78 is 11.0. The van der Waals surface area contributed by atoms with Crippen LogP contribution in [-0.4, -0.2) is 13.7 Å². The molecule has 0 saturated heterocycles. The fourth-order valence-electron chi connectivity index (χ4n) is 1.91. The van der Waals surface area contributed by atoms with E-state index in [1.807, 2.05) is 12.1 Å². The van der Waals surface area contributed by atoms with Crippen LogP contribution in [0.5, 0.6) is 11.5 Å². The van der Waals surface area contributed by atoms with E-state index in [9.17, 15) is 0 Å². The summed E-state index contributed by atoms with van der Waals surface area (Å²) in [6.45, 7) is 0.648. The van der Waals surface area contributed by atoms with Gasteiger partial charge in [0.05, 0.1) is 13.7 Å². The van der Waals surface area contributed by atoms with E-state index in [0.717, 1.165) is 12.8 Å². The summed E-state index contributed by atoms with van der Waals surface area (Å²) in [5.41, 5.74) is 7.75. The van der Waals surface area contributed by atoms with Crippen LogP contribution < -0.4 is 15.2 Å². The standard InChI is InChI=1S/C16H19NO2/c1-18-15-10-9-14(17)12-16(15)19-11-5-8-13-6-3-2-4-7-13/h2-4,6-7,9-10,12H,5,8,11,17H2,1H3. The first kappa shape index (κ1) is 13.3. The number of rotatable bonds is 6. The van der Waals surface area contributed by atoms with Gasteiger partial charge in [-0.25, -0.2) is 0 Å². The predicted molar refractivity (Wildman–Crippen MR) is 77.7 cm³/mol. The summed E-state index contributed by atoms with van der Waals surface area (Å²) in [7, 11) is 1.63. The molecule has 2 rings (SSSR count). The second-order valence-electron chi connectivity index (χ2n) is 4.35. The summed E-state index contributed by atoms with van der Waals surface area (Å²) >= 11 is 0. The summed E-state index contributed by atoms with van der Waals surface area (Å²) in [5.74, 6) is 1.42. The van der Waals surface area contributed by atoms with E-state index in [0.29, 0.717) is 23.8 Å². The molecule has 2 N–H and O–H groups in total. The maximum Gasteiger partial charge on any atom is 0.163 e. The van der Waals surface area contributed by atoms with E-state index >= 15 is 0 Å². The van der Waals surface area contributed by atoms with Crippen LogP contribution in [0.2, 0.25) is 0 Å². The number of nitrogens with two attached hydrogens (primary N) is 1. The van der Waals surface area contributed by atoms with Crippen LogP contribution in [0.4, 0.5) is 5.69 Å². The second-order valence-corrected chi connectivity index (χ2v) is 4.35. The number of aryl methyl sites for hydroxylation is 1. The zero-order valence-electron chi connectivity index (χ0n) is 11.1. The molecule has 0 radical (unpaired) electrons. The molecule has 0 saturated carbocycles. The fraction of sp³-hybridized carbons (Fsp3) is 0.250. The fourth-order valence-corrected chi connectivity index (χ4v) is 1.91. The van der Waals surface area contributed by atoms with Crippen molar-refractivity contribution in [3.63, 3.8) is 0 Å². The summed E-state index contributed by atoms with van der Waals surface area (Å²) in [5, 5.41) is 0. The van der Waals surface area contributed by atoms with Gasteiger partial charge in [0.1, 0.15) is 0 Å². The Hall–Kier alpha value is -2.16. The van der Waals surface area contributed by atoms with Gasteiger partial charge >= 0.3 is 0 Å². The average molecular weight is 257 g/mol. The van der Waals surface area contributed by atoms with Gasteiger partial charge in [0.2, 0.25) is 0 Å². The molecule has 0 aliphatic heterocycles. The smallest absolute Gasteiger partial charge is 0.163 e. The molecule has 19 heavy (non-hydrogen) atoms. The van der Waals surface area contributed by atoms with Crippen LogP contribution in [0.25, 0.3) is 0 Å². The highest BCUT2D eigenvalue weighted by atomic mass is 16.5. The van der Waals surface area contributed by atoms with Gasteiger partial charge in [-0.15, -0.1) is 0 Å². The molecular weight excluding hydrogens is 238 g/mol. The lowest BCUT2D eigenvalue weighted by molar-refractivity contribution is 0.289. The minimum atomic E-state index is 0.648. The lowest BCUT2D eigenvalue weighted by atomic mass is 10.1. The molecule has 0 heterocycles. The van der Waals surface area contributed by atoms with Gasteiger partial charge in [-0.1, -0.05) is 30.3 Å². The van der Waals surface area contributed by atoms with E-state index < -0.39 is 0 Å². The van der Waals surface area contributed by atoms with E-state index in [-0.39, 0.29) is 0 Å². The Balaban J connectivity index is 1.84. The molecule has 0 unspecified atom stereocenters. The van der Waals surface area contributed by atoms with Crippen molar-refractivity contribution in [1.82, 2.24) is 0 Å². The highest BCUT2D eigenvalue weighted by Crippen LogP contribution is 2.29. The highest BCUT2D eigenvalue weighted by Gasteiger charge is 2.04. The van der Waals surface area contributed by atoms with Gasteiger partial charge in [-0.05, 0) is 30.5 Å². The zero-order chi connectivity index (χ0) is 13.5. The molecule has 0 aromatic heterocycles. The Labute approximate surface area is 114 Å². The third-order valence-corrected chi connectivity index (χ3v) is 2.90. The van der Waals surface area contributed by atoms with Crippen molar-refractivity contribution in [3.8, 4) is 11.5 Å². The number of ether oxygens (including phenoxy) is 2. The molecule has 0 fully saturated rings. The summed E-state index contributed by atoms with van der Waals surface area (Å²) in [4.78, 5) is 0. The minimum absolute atomic E-state index is 0.648. The number of methoxy groups -OCH3 is 1. The molecule has 0 amide bonds. The third-order valence-electron chi connectivity index (χ3n) is 2.90. The first-order valence-corrected chi connectivity index (χ1v) is 6.40. The van der Waals surface area contributed by atoms with Crippen molar-refractivity contribution in [1.29, 1.82) is 0 Å². The van der Waals surface area contributed by atoms with Crippen LogP contribution in [0.3, 0.4) is 0 Å². The maximum atomic E-state index is 5.74. The number of hydrogen-bond acceptors (Lipinski definition) is 3. The van der Waals surface area contributed by atoms with Gasteiger partial charge < -0.3 is 15.2 Å². The second kappa shape index (κ2) is 6.69. The summed E-state index contributed by atoms with van der Waals surface area (Å²) in [6, 6.07) is 15.8. The van der Waals surface area contributed by atoms with Crippen LogP contribution in [0.15, 0.2) is 48.5 Å². The molecule has 0 aliphatic rings. The average Bonchev–Trinajstić information content (AvgIpc) is 2.45. The SMILES string of the molecule is COc1ccc(N)cc1OCCCc1ccccc1. The van der Waals surface area contributed by atoms with Gasteiger partial charge in [0, 0.05) is 11.8 Å². The predicted octanol–water partition coefficient (Wildman–Crippen LogP) is 3.29. The first-order chi connectivity index (χ1) is 9.29. The van der Waals surface area contributed by atoms with Crippen molar-refractivity contribution in [2.45, 2.75) is 12.8 Å². The van der Waals surface area contributed by atoms with E-state index in [1.165, 1.54) is 5.56 Å². The molecule has 0 spiro atoms. The molecular formula is C16H19NO2. The topological polar surface area (TPSA) is 44.5 Å². The van der Waals surface area contributed by atoms with Crippen molar-refractivity contribution in [3.05, 3.63) is 54.1 Å². The largest absolute Gasteiger partial charge is 0.493 e. The third kappa shape index (κ3) is 3.91. The van der Waals surface area contributed by atoms with Gasteiger partial charge in [-0.3, -0.25) is 0 Å². The Kier molecular flexibility index (Phi) is 4.67. The molecule has 0 atom stereocenters. The van der Waals surface area contributed by atoms with Gasteiger partial charge in [-0.2, -0.15) is 0 Å². The molecule has 0 aliphatic carbocycles. The normalized spacial score (nSPS) is 10.2. The number of anilines is 1. The Morgan fingerprint density at radius 2 is 1.79 bits per heavy atom. The van der Waals surface area contributed by atoms with Crippen LogP contribution in [-0.2, 0) is 6.42 Å². The Morgan fingerprint density at radius 3 is 2.53 bits per heavy atom. The molecule has 2 aromatic carbocycles. The first-order valence-electron chi connectivity index (χ1n) is 6.40. The van der Waals surface area contributed by atoms with Crippen molar-refractivity contribution in [2.75, 3.05) is 19.5 Å². The highest BCUT2D eigenvalue weighted by molar-refractivity contribution is 5.51. The lowest BCUT2D eigenvalue weighted by Gasteiger charge is -2.11. The quantitative estimate of drug-likeness (QED) is 0.638. The Morgan fingerprint density at radius 1 is 1.00 bits per heavy atom. The van der Waals surface area contributed by atoms with Crippen molar-refractivity contribution < 1.29 is 9.47 Å². The number of hydrogen-bond donors (Lipinski definition) is 1. The maximum absolute atomic E-state index is 5.74.